The summed E-state index contributed by atoms with van der Waals surface area (Å²) in [6.45, 7) is 4.50. The number of nitrogens with zero attached hydrogens (tertiary/aromatic N) is 1. The summed E-state index contributed by atoms with van der Waals surface area (Å²) < 4.78 is 4.86. The molecule has 2 heterocycles. The van der Waals surface area contributed by atoms with Gasteiger partial charge >= 0.3 is 61.9 Å². The van der Waals surface area contributed by atoms with E-state index in [-0.39, 0.29) is 0 Å². The Kier molecular flexibility index (Phi) is 1.28. The van der Waals surface area contributed by atoms with Crippen molar-refractivity contribution in [3.8, 4) is 0 Å². The van der Waals surface area contributed by atoms with E-state index in [1.807, 2.05) is 0 Å². The molecule has 0 bridgehead atoms. The molecule has 0 saturated carbocycles. The van der Waals surface area contributed by atoms with Crippen LogP contribution in [0, 0.1) is 0 Å². The van der Waals surface area contributed by atoms with Gasteiger partial charge in [-0.15, -0.1) is 0 Å². The molecule has 1 spiro atoms. The van der Waals surface area contributed by atoms with E-state index < -0.39 is 16.6 Å². The van der Waals surface area contributed by atoms with E-state index in [1.165, 1.54) is 9.47 Å². The van der Waals surface area contributed by atoms with E-state index in [1.54, 1.807) is 0 Å². The van der Waals surface area contributed by atoms with Gasteiger partial charge in [-0.1, -0.05) is 0 Å². The first kappa shape index (κ1) is 6.34. The van der Waals surface area contributed by atoms with Crippen molar-refractivity contribution in [1.82, 2.24) is 0 Å². The third kappa shape index (κ3) is 0.888. The van der Waals surface area contributed by atoms with E-state index in [9.17, 15) is 0 Å². The fraction of sp³-hybridized carbons (Fsp3) is 0.667. The Balaban J connectivity index is 2.24. The Morgan fingerprint density at radius 2 is 2.56 bits per heavy atom. The maximum absolute atomic E-state index is 4.34. The van der Waals surface area contributed by atoms with Gasteiger partial charge in [0.1, 0.15) is 0 Å². The summed E-state index contributed by atoms with van der Waals surface area (Å²) in [7, 11) is 2.12. The normalized spacial score (nSPS) is 54.0. The molecular formula is C6H10INS. The molecular weight excluding hydrogens is 245 g/mol. The second kappa shape index (κ2) is 1.81. The van der Waals surface area contributed by atoms with Crippen LogP contribution in [0.4, 0.5) is 0 Å². The number of hydrogen-bond acceptors (Lipinski definition) is 2. The van der Waals surface area contributed by atoms with E-state index in [0.29, 0.717) is 0 Å². The zero-order valence-corrected chi connectivity index (χ0v) is 8.57. The van der Waals surface area contributed by atoms with Gasteiger partial charge in [0, 0.05) is 0 Å². The van der Waals surface area contributed by atoms with E-state index in [2.05, 4.69) is 31.9 Å². The van der Waals surface area contributed by atoms with Crippen molar-refractivity contribution in [2.24, 2.45) is 4.99 Å². The molecule has 1 nitrogen and oxygen atoms in total. The monoisotopic (exact) mass is 255 g/mol. The number of alkyl halides is 2. The van der Waals surface area contributed by atoms with Gasteiger partial charge in [-0.25, -0.2) is 0 Å². The van der Waals surface area contributed by atoms with Crippen LogP contribution in [0.5, 0.6) is 0 Å². The Bertz CT molecular complexity index is 231. The molecule has 0 radical (unpaired) electrons. The van der Waals surface area contributed by atoms with Gasteiger partial charge in [0.15, 0.2) is 0 Å². The molecule has 52 valence electrons. The molecule has 0 aliphatic carbocycles. The van der Waals surface area contributed by atoms with Gasteiger partial charge in [0.25, 0.3) is 0 Å². The molecule has 0 aromatic heterocycles. The zero-order chi connectivity index (χ0) is 6.48. The predicted octanol–water partition coefficient (Wildman–Crippen LogP) is 2.27. The standard InChI is InChI=1S/C6H10INS/c1-5-3-7(5)4-8-6(2)9-7/h4-5H,3H2,1-2H3. The molecule has 0 amide bonds. The molecule has 0 aromatic rings. The maximum atomic E-state index is 4.34. The summed E-state index contributed by atoms with van der Waals surface area (Å²) in [5.74, 6) is 0. The summed E-state index contributed by atoms with van der Waals surface area (Å²) in [4.78, 5) is 4.34. The summed E-state index contributed by atoms with van der Waals surface area (Å²) in [6.07, 6.45) is 0. The van der Waals surface area contributed by atoms with Crippen molar-refractivity contribution in [3.63, 3.8) is 0 Å². The molecule has 2 atom stereocenters. The molecule has 1 fully saturated rings. The number of halogens is 1. The zero-order valence-electron chi connectivity index (χ0n) is 5.60. The van der Waals surface area contributed by atoms with Crippen LogP contribution in [0.25, 0.3) is 0 Å². The molecule has 2 rings (SSSR count). The summed E-state index contributed by atoms with van der Waals surface area (Å²) in [6, 6.07) is 0. The minimum atomic E-state index is -1.26. The van der Waals surface area contributed by atoms with Crippen LogP contribution >= 0.6 is 25.5 Å². The average Bonchev–Trinajstić information content (AvgIpc) is 2.17. The van der Waals surface area contributed by atoms with E-state index in [4.69, 9.17) is 0 Å². The van der Waals surface area contributed by atoms with Gasteiger partial charge in [-0.3, -0.25) is 0 Å². The first-order valence-corrected chi connectivity index (χ1v) is 10.4. The fourth-order valence-electron chi connectivity index (χ4n) is 0.941. The number of hydrogen-bond donors (Lipinski definition) is 0. The minimum absolute atomic E-state index is 1.04. The Morgan fingerprint density at radius 1 is 1.89 bits per heavy atom. The molecule has 0 N–H and O–H groups in total. The predicted molar refractivity (Wildman–Crippen MR) is 55.1 cm³/mol. The van der Waals surface area contributed by atoms with Crippen LogP contribution in [0.3, 0.4) is 0 Å². The fourth-order valence-corrected chi connectivity index (χ4v) is 16.8. The molecule has 3 heteroatoms. The summed E-state index contributed by atoms with van der Waals surface area (Å²) in [5, 5.41) is 1.32. The van der Waals surface area contributed by atoms with Crippen molar-refractivity contribution < 1.29 is 0 Å². The van der Waals surface area contributed by atoms with Crippen molar-refractivity contribution in [2.75, 3.05) is 4.43 Å². The van der Waals surface area contributed by atoms with Crippen molar-refractivity contribution in [3.05, 3.63) is 0 Å². The van der Waals surface area contributed by atoms with Crippen LogP contribution in [0.1, 0.15) is 13.8 Å². The first-order valence-electron chi connectivity index (χ1n) is 3.03. The molecule has 2 unspecified atom stereocenters. The Labute approximate surface area is 61.8 Å². The Hall–Kier alpha value is 0.620. The molecule has 0 aromatic carbocycles. The quantitative estimate of drug-likeness (QED) is 0.477. The van der Waals surface area contributed by atoms with E-state index >= 15 is 0 Å². The van der Waals surface area contributed by atoms with Crippen molar-refractivity contribution >= 4 is 34.7 Å². The van der Waals surface area contributed by atoms with Crippen molar-refractivity contribution in [1.29, 1.82) is 0 Å². The average molecular weight is 255 g/mol. The van der Waals surface area contributed by atoms with E-state index in [0.717, 1.165) is 3.92 Å². The van der Waals surface area contributed by atoms with Gasteiger partial charge in [0.05, 0.1) is 0 Å². The number of rotatable bonds is 0. The van der Waals surface area contributed by atoms with Gasteiger partial charge in [-0.05, 0) is 0 Å². The van der Waals surface area contributed by atoms with Gasteiger partial charge in [0.2, 0.25) is 0 Å². The first-order chi connectivity index (χ1) is 4.23. The van der Waals surface area contributed by atoms with Crippen LogP contribution < -0.4 is 0 Å². The summed E-state index contributed by atoms with van der Waals surface area (Å²) >= 11 is -1.26. The van der Waals surface area contributed by atoms with Crippen LogP contribution in [0.15, 0.2) is 4.99 Å². The Morgan fingerprint density at radius 3 is 2.78 bits per heavy atom. The third-order valence-corrected chi connectivity index (χ3v) is 16.9. The molecule has 2 aliphatic rings. The van der Waals surface area contributed by atoms with Crippen LogP contribution in [0.2, 0.25) is 0 Å². The second-order valence-electron chi connectivity index (χ2n) is 2.48. The molecule has 9 heavy (non-hydrogen) atoms. The summed E-state index contributed by atoms with van der Waals surface area (Å²) in [5.41, 5.74) is 0. The van der Waals surface area contributed by atoms with Crippen molar-refractivity contribution in [2.45, 2.75) is 17.8 Å². The topological polar surface area (TPSA) is 12.4 Å². The number of aliphatic imine (C=N–C) groups is 1. The second-order valence-corrected chi connectivity index (χ2v) is 16.1. The third-order valence-electron chi connectivity index (χ3n) is 1.63. The van der Waals surface area contributed by atoms with Crippen LogP contribution in [-0.4, -0.2) is 17.5 Å². The van der Waals surface area contributed by atoms with Gasteiger partial charge < -0.3 is 0 Å². The molecule has 2 aliphatic heterocycles. The van der Waals surface area contributed by atoms with Gasteiger partial charge in [-0.2, -0.15) is 0 Å². The SMILES string of the molecule is CC1=NC=I2(CC2C)S1. The van der Waals surface area contributed by atoms with Crippen LogP contribution in [-0.2, 0) is 0 Å². The molecule has 1 saturated heterocycles.